The first kappa shape index (κ1) is 20.8. The van der Waals surface area contributed by atoms with Gasteiger partial charge in [0.1, 0.15) is 0 Å². The van der Waals surface area contributed by atoms with Gasteiger partial charge >= 0.3 is 35.5 Å². The molecule has 27 heavy (non-hydrogen) atoms. The number of pyridine rings is 1. The van der Waals surface area contributed by atoms with E-state index in [1.807, 2.05) is 66.7 Å². The molecule has 1 amide bonds. The molecule has 0 saturated carbocycles. The van der Waals surface area contributed by atoms with Crippen LogP contribution in [-0.2, 0) is 9.59 Å². The van der Waals surface area contributed by atoms with Crippen molar-refractivity contribution < 1.29 is 14.7 Å². The fourth-order valence-corrected chi connectivity index (χ4v) is 2.52. The third-order valence-corrected chi connectivity index (χ3v) is 3.80. The van der Waals surface area contributed by atoms with E-state index in [1.54, 1.807) is 6.07 Å². The second kappa shape index (κ2) is 10.0. The molecule has 0 bridgehead atoms. The van der Waals surface area contributed by atoms with Gasteiger partial charge in [-0.2, -0.15) is 0 Å². The van der Waals surface area contributed by atoms with Crippen LogP contribution < -0.4 is 5.32 Å². The number of rotatable bonds is 6. The Morgan fingerprint density at radius 3 is 2.59 bits per heavy atom. The van der Waals surface area contributed by atoms with E-state index in [1.165, 1.54) is 0 Å². The first-order valence-electron chi connectivity index (χ1n) is 8.26. The number of nitrogens with zero attached hydrogens (tertiary/aromatic N) is 1. The summed E-state index contributed by atoms with van der Waals surface area (Å²) in [7, 11) is 0. The zero-order chi connectivity index (χ0) is 18.4. The molecule has 0 spiro atoms. The molecular weight excluding hydrogens is 351 g/mol. The van der Waals surface area contributed by atoms with Crippen molar-refractivity contribution >= 4 is 70.2 Å². The van der Waals surface area contributed by atoms with E-state index in [2.05, 4.69) is 10.3 Å². The van der Waals surface area contributed by atoms with Crippen LogP contribution in [0.4, 0.5) is 5.69 Å². The fourth-order valence-electron chi connectivity index (χ4n) is 2.52. The number of carboxylic acids is 1. The summed E-state index contributed by atoms with van der Waals surface area (Å²) < 4.78 is 0. The summed E-state index contributed by atoms with van der Waals surface area (Å²) in [5, 5.41) is 12.4. The predicted molar refractivity (Wildman–Crippen MR) is 110 cm³/mol. The topological polar surface area (TPSA) is 79.3 Å². The Bertz CT molecular complexity index is 986. The summed E-state index contributed by atoms with van der Waals surface area (Å²) >= 11 is 0. The van der Waals surface area contributed by atoms with Gasteiger partial charge in [0.15, 0.2) is 0 Å². The van der Waals surface area contributed by atoms with Crippen LogP contribution in [0.1, 0.15) is 24.1 Å². The number of nitrogens with one attached hydrogen (secondary N) is 1. The maximum absolute atomic E-state index is 11.7. The van der Waals surface area contributed by atoms with Crippen molar-refractivity contribution in [2.45, 2.75) is 12.8 Å². The molecule has 0 aliphatic rings. The van der Waals surface area contributed by atoms with E-state index < -0.39 is 5.97 Å². The van der Waals surface area contributed by atoms with Crippen LogP contribution in [0.5, 0.6) is 0 Å². The molecule has 132 valence electrons. The normalized spacial score (nSPS) is 10.5. The van der Waals surface area contributed by atoms with Crippen LogP contribution in [0, 0.1) is 0 Å². The minimum atomic E-state index is -0.986. The average Bonchev–Trinajstić information content (AvgIpc) is 2.65. The van der Waals surface area contributed by atoms with Crippen LogP contribution in [0.15, 0.2) is 60.7 Å². The molecule has 1 heterocycles. The Hall–Kier alpha value is -2.47. The van der Waals surface area contributed by atoms with E-state index >= 15 is 0 Å². The molecule has 5 nitrogen and oxygen atoms in total. The number of fused-ring (bicyclic) bond motifs is 1. The number of para-hydroxylation sites is 1. The van der Waals surface area contributed by atoms with Gasteiger partial charge in [0.05, 0.1) is 17.6 Å². The van der Waals surface area contributed by atoms with Crippen molar-refractivity contribution in [1.29, 1.82) is 0 Å². The predicted octanol–water partition coefficient (Wildman–Crippen LogP) is 3.56. The van der Waals surface area contributed by atoms with Gasteiger partial charge in [0, 0.05) is 17.5 Å². The number of carbonyl (C=O) groups excluding carboxylic acids is 1. The number of aromatic nitrogens is 1. The quantitative estimate of drug-likeness (QED) is 0.650. The Morgan fingerprint density at radius 2 is 1.78 bits per heavy atom. The number of carbonyl (C=O) groups is 2. The molecule has 0 aliphatic carbocycles. The van der Waals surface area contributed by atoms with E-state index in [0.717, 1.165) is 22.2 Å². The second-order valence-electron chi connectivity index (χ2n) is 5.83. The molecule has 3 aromatic rings. The summed E-state index contributed by atoms with van der Waals surface area (Å²) in [6.45, 7) is 0. The van der Waals surface area contributed by atoms with Gasteiger partial charge in [-0.05, 0) is 35.9 Å². The summed E-state index contributed by atoms with van der Waals surface area (Å²) in [6, 6.07) is 19.3. The van der Waals surface area contributed by atoms with Gasteiger partial charge in [-0.1, -0.05) is 42.5 Å². The number of hydrogen-bond acceptors (Lipinski definition) is 3. The van der Waals surface area contributed by atoms with Crippen molar-refractivity contribution in [2.75, 3.05) is 5.32 Å². The molecular formula is C21H19N2NaO3. The molecule has 2 aromatic carbocycles. The summed E-state index contributed by atoms with van der Waals surface area (Å²) in [4.78, 5) is 26.8. The third kappa shape index (κ3) is 6.32. The van der Waals surface area contributed by atoms with Crippen molar-refractivity contribution in [1.82, 2.24) is 4.98 Å². The Kier molecular flexibility index (Phi) is 7.73. The maximum atomic E-state index is 11.7. The number of aliphatic carboxylic acids is 1. The molecule has 0 fully saturated rings. The molecule has 2 N–H and O–H groups in total. The number of benzene rings is 2. The van der Waals surface area contributed by atoms with Crippen LogP contribution in [0.2, 0.25) is 0 Å². The number of anilines is 1. The van der Waals surface area contributed by atoms with Gasteiger partial charge in [0.25, 0.3) is 0 Å². The monoisotopic (exact) mass is 370 g/mol. The molecule has 0 unspecified atom stereocenters. The van der Waals surface area contributed by atoms with Crippen molar-refractivity contribution in [3.8, 4) is 0 Å². The van der Waals surface area contributed by atoms with Gasteiger partial charge in [0.2, 0.25) is 5.91 Å². The zero-order valence-corrected chi connectivity index (χ0v) is 14.1. The first-order valence-corrected chi connectivity index (χ1v) is 8.26. The van der Waals surface area contributed by atoms with E-state index in [4.69, 9.17) is 5.11 Å². The number of amides is 1. The van der Waals surface area contributed by atoms with Gasteiger partial charge in [-0.15, -0.1) is 0 Å². The molecule has 0 saturated heterocycles. The Balaban J connectivity index is 0.00000261. The Labute approximate surface area is 179 Å². The van der Waals surface area contributed by atoms with Gasteiger partial charge in [-0.25, -0.2) is 4.98 Å². The average molecular weight is 370 g/mol. The van der Waals surface area contributed by atoms with Crippen molar-refractivity contribution in [3.05, 3.63) is 71.9 Å². The van der Waals surface area contributed by atoms with Gasteiger partial charge < -0.3 is 10.4 Å². The van der Waals surface area contributed by atoms with Crippen LogP contribution in [0.25, 0.3) is 23.1 Å². The second-order valence-corrected chi connectivity index (χ2v) is 5.83. The SMILES string of the molecule is O=C(O)CCC(=O)Nc1cccc(C=Cc2ccc3ccccc3n2)c1.[NaH]. The Morgan fingerprint density at radius 1 is 0.963 bits per heavy atom. The zero-order valence-electron chi connectivity index (χ0n) is 14.1. The first-order chi connectivity index (χ1) is 12.6. The molecule has 0 aliphatic heterocycles. The van der Waals surface area contributed by atoms with Crippen LogP contribution >= 0.6 is 0 Å². The molecule has 1 aromatic heterocycles. The van der Waals surface area contributed by atoms with E-state index in [0.29, 0.717) is 5.69 Å². The minimum absolute atomic E-state index is 0. The van der Waals surface area contributed by atoms with Crippen molar-refractivity contribution in [3.63, 3.8) is 0 Å². The summed E-state index contributed by atoms with van der Waals surface area (Å²) in [6.07, 6.45) is 3.61. The van der Waals surface area contributed by atoms with E-state index in [-0.39, 0.29) is 48.3 Å². The van der Waals surface area contributed by atoms with E-state index in [9.17, 15) is 9.59 Å². The van der Waals surface area contributed by atoms with Crippen molar-refractivity contribution in [2.24, 2.45) is 0 Å². The van der Waals surface area contributed by atoms with Gasteiger partial charge in [-0.3, -0.25) is 9.59 Å². The fraction of sp³-hybridized carbons (Fsp3) is 0.0952. The number of carboxylic acid groups (broad SMARTS) is 1. The van der Waals surface area contributed by atoms with Crippen LogP contribution in [-0.4, -0.2) is 51.5 Å². The van der Waals surface area contributed by atoms with Crippen LogP contribution in [0.3, 0.4) is 0 Å². The standard InChI is InChI=1S/C21H18N2O3.Na.H/c24-20(12-13-21(25)26)23-18-6-3-4-15(14-18)8-10-17-11-9-16-5-1-2-7-19(16)22-17;;/h1-11,14H,12-13H2,(H,23,24)(H,25,26);;. The molecule has 6 heteroatoms. The number of hydrogen-bond donors (Lipinski definition) is 2. The summed E-state index contributed by atoms with van der Waals surface area (Å²) in [5.41, 5.74) is 3.33. The summed E-state index contributed by atoms with van der Waals surface area (Å²) in [5.74, 6) is -1.30. The third-order valence-electron chi connectivity index (χ3n) is 3.80. The molecule has 0 radical (unpaired) electrons. The molecule has 3 rings (SSSR count). The molecule has 0 atom stereocenters.